The molecule has 21 heavy (non-hydrogen) atoms. The lowest BCUT2D eigenvalue weighted by molar-refractivity contribution is -0.126. The summed E-state index contributed by atoms with van der Waals surface area (Å²) in [5, 5.41) is 3.53. The minimum absolute atomic E-state index is 0.175. The fourth-order valence-electron chi connectivity index (χ4n) is 3.28. The zero-order valence-electron chi connectivity index (χ0n) is 13.7. The van der Waals surface area contributed by atoms with Crippen LogP contribution in [-0.2, 0) is 9.53 Å². The Kier molecular flexibility index (Phi) is 5.63. The van der Waals surface area contributed by atoms with Crippen LogP contribution in [0.4, 0.5) is 0 Å². The normalized spacial score (nSPS) is 30.0. The summed E-state index contributed by atoms with van der Waals surface area (Å²) in [4.78, 5) is 14.4. The number of ether oxygens (including phenoxy) is 1. The van der Waals surface area contributed by atoms with E-state index in [4.69, 9.17) is 10.5 Å². The molecule has 122 valence electrons. The van der Waals surface area contributed by atoms with Gasteiger partial charge >= 0.3 is 0 Å². The summed E-state index contributed by atoms with van der Waals surface area (Å²) < 4.78 is 5.63. The molecule has 2 fully saturated rings. The summed E-state index contributed by atoms with van der Waals surface area (Å²) in [5.41, 5.74) is 5.25. The highest BCUT2D eigenvalue weighted by molar-refractivity contribution is 5.85. The molecule has 1 amide bonds. The van der Waals surface area contributed by atoms with Crippen LogP contribution in [0.15, 0.2) is 0 Å². The molecule has 0 radical (unpaired) electrons. The molecule has 0 aromatic rings. The summed E-state index contributed by atoms with van der Waals surface area (Å²) in [7, 11) is 2.13. The van der Waals surface area contributed by atoms with Crippen molar-refractivity contribution in [3.8, 4) is 0 Å². The van der Waals surface area contributed by atoms with Crippen LogP contribution in [0.5, 0.6) is 0 Å². The number of carbonyl (C=O) groups is 1. The number of hydrogen-bond donors (Lipinski definition) is 2. The van der Waals surface area contributed by atoms with Crippen molar-refractivity contribution >= 4 is 5.91 Å². The van der Waals surface area contributed by atoms with Crippen LogP contribution >= 0.6 is 0 Å². The molecule has 2 rings (SSSR count). The minimum Gasteiger partial charge on any atom is -0.377 e. The molecule has 0 aromatic carbocycles. The molecular weight excluding hydrogens is 266 g/mol. The molecule has 3 N–H and O–H groups in total. The highest BCUT2D eigenvalue weighted by Crippen LogP contribution is 2.34. The van der Waals surface area contributed by atoms with Crippen LogP contribution in [0.2, 0.25) is 0 Å². The molecule has 0 saturated heterocycles. The quantitative estimate of drug-likeness (QED) is 0.708. The maximum atomic E-state index is 12.0. The number of nitrogens with one attached hydrogen (secondary N) is 1. The van der Waals surface area contributed by atoms with E-state index in [1.807, 2.05) is 0 Å². The van der Waals surface area contributed by atoms with Gasteiger partial charge in [-0.2, -0.15) is 0 Å². The van der Waals surface area contributed by atoms with Crippen LogP contribution in [0.25, 0.3) is 0 Å². The topological polar surface area (TPSA) is 67.6 Å². The number of hydrogen-bond acceptors (Lipinski definition) is 4. The average molecular weight is 297 g/mol. The van der Waals surface area contributed by atoms with Crippen LogP contribution in [0.3, 0.4) is 0 Å². The summed E-state index contributed by atoms with van der Waals surface area (Å²) in [6.45, 7) is 5.75. The third-order valence-electron chi connectivity index (χ3n) is 4.77. The second-order valence-electron chi connectivity index (χ2n) is 7.02. The Hall–Kier alpha value is -0.650. The zero-order valence-corrected chi connectivity index (χ0v) is 13.7. The van der Waals surface area contributed by atoms with E-state index < -0.39 is 5.54 Å². The van der Waals surface area contributed by atoms with Crippen molar-refractivity contribution in [1.29, 1.82) is 0 Å². The van der Waals surface area contributed by atoms with E-state index in [9.17, 15) is 4.79 Å². The molecule has 2 atom stereocenters. The van der Waals surface area contributed by atoms with Crippen LogP contribution in [0.1, 0.15) is 52.4 Å². The first kappa shape index (κ1) is 16.7. The van der Waals surface area contributed by atoms with E-state index in [1.165, 1.54) is 12.8 Å². The van der Waals surface area contributed by atoms with Gasteiger partial charge in [-0.3, -0.25) is 4.79 Å². The molecule has 2 aliphatic rings. The Bertz CT molecular complexity index is 357. The fraction of sp³-hybridized carbons (Fsp3) is 0.938. The predicted molar refractivity (Wildman–Crippen MR) is 84.1 cm³/mol. The van der Waals surface area contributed by atoms with Crippen LogP contribution in [0, 0.1) is 0 Å². The molecule has 0 spiro atoms. The first-order valence-corrected chi connectivity index (χ1v) is 8.32. The Balaban J connectivity index is 1.89. The van der Waals surface area contributed by atoms with Crippen molar-refractivity contribution in [3.05, 3.63) is 0 Å². The lowest BCUT2D eigenvalue weighted by atomic mass is 9.77. The van der Waals surface area contributed by atoms with Gasteiger partial charge in [-0.25, -0.2) is 0 Å². The third-order valence-corrected chi connectivity index (χ3v) is 4.77. The van der Waals surface area contributed by atoms with Gasteiger partial charge in [0.25, 0.3) is 0 Å². The van der Waals surface area contributed by atoms with Crippen molar-refractivity contribution < 1.29 is 9.53 Å². The number of rotatable bonds is 8. The molecule has 0 bridgehead atoms. The minimum atomic E-state index is -0.489. The van der Waals surface area contributed by atoms with Crippen molar-refractivity contribution in [2.24, 2.45) is 5.73 Å². The molecule has 0 aromatic heterocycles. The second kappa shape index (κ2) is 7.07. The van der Waals surface area contributed by atoms with Gasteiger partial charge in [0.15, 0.2) is 0 Å². The van der Waals surface area contributed by atoms with Crippen LogP contribution < -0.4 is 11.1 Å². The summed E-state index contributed by atoms with van der Waals surface area (Å²) in [5.74, 6) is -0.175. The predicted octanol–water partition coefficient (Wildman–Crippen LogP) is 1.26. The van der Waals surface area contributed by atoms with E-state index in [0.29, 0.717) is 12.1 Å². The molecule has 2 saturated carbocycles. The lowest BCUT2D eigenvalue weighted by Crippen LogP contribution is -2.61. The van der Waals surface area contributed by atoms with Crippen LogP contribution in [-0.4, -0.2) is 54.7 Å². The van der Waals surface area contributed by atoms with Gasteiger partial charge in [-0.05, 0) is 59.4 Å². The highest BCUT2D eigenvalue weighted by Gasteiger charge is 2.45. The van der Waals surface area contributed by atoms with Gasteiger partial charge in [0, 0.05) is 18.6 Å². The smallest absolute Gasteiger partial charge is 0.237 e. The van der Waals surface area contributed by atoms with Gasteiger partial charge in [-0.1, -0.05) is 0 Å². The number of amides is 1. The number of likely N-dealkylation sites (N-methyl/N-ethyl adjacent to an activating group) is 1. The Labute approximate surface area is 128 Å². The van der Waals surface area contributed by atoms with E-state index >= 15 is 0 Å². The van der Waals surface area contributed by atoms with Gasteiger partial charge in [-0.15, -0.1) is 0 Å². The summed E-state index contributed by atoms with van der Waals surface area (Å²) in [6.07, 6.45) is 6.53. The van der Waals surface area contributed by atoms with E-state index in [1.54, 1.807) is 0 Å². The summed E-state index contributed by atoms with van der Waals surface area (Å²) in [6, 6.07) is 0.916. The Morgan fingerprint density at radius 1 is 1.43 bits per heavy atom. The highest BCUT2D eigenvalue weighted by atomic mass is 16.5. The Morgan fingerprint density at radius 2 is 2.14 bits per heavy atom. The molecule has 0 heterocycles. The standard InChI is InChI=1S/C16H31N3O2/c1-12(2)21-10-9-19(3)14-5-4-8-16(11-14,15(17)20)18-13-6-7-13/h12-14,18H,4-11H2,1-3H3,(H2,17,20). The molecule has 2 aliphatic carbocycles. The number of nitrogens with two attached hydrogens (primary N) is 1. The van der Waals surface area contributed by atoms with Crippen molar-refractivity contribution in [3.63, 3.8) is 0 Å². The molecule has 5 heteroatoms. The molecular formula is C16H31N3O2. The summed E-state index contributed by atoms with van der Waals surface area (Å²) >= 11 is 0. The lowest BCUT2D eigenvalue weighted by Gasteiger charge is -2.42. The third kappa shape index (κ3) is 4.66. The van der Waals surface area contributed by atoms with Gasteiger partial charge < -0.3 is 20.7 Å². The van der Waals surface area contributed by atoms with Gasteiger partial charge in [0.2, 0.25) is 5.91 Å². The SMILES string of the molecule is CC(C)OCCN(C)C1CCCC(NC2CC2)(C(N)=O)C1. The van der Waals surface area contributed by atoms with E-state index in [-0.39, 0.29) is 12.0 Å². The van der Waals surface area contributed by atoms with Crippen molar-refractivity contribution in [1.82, 2.24) is 10.2 Å². The van der Waals surface area contributed by atoms with Crippen molar-refractivity contribution in [2.45, 2.75) is 76.1 Å². The maximum Gasteiger partial charge on any atom is 0.237 e. The molecule has 2 unspecified atom stereocenters. The van der Waals surface area contributed by atoms with E-state index in [2.05, 4.69) is 31.1 Å². The number of carbonyl (C=O) groups excluding carboxylic acids is 1. The Morgan fingerprint density at radius 3 is 2.71 bits per heavy atom. The zero-order chi connectivity index (χ0) is 15.5. The van der Waals surface area contributed by atoms with Gasteiger partial charge in [0.1, 0.15) is 0 Å². The van der Waals surface area contributed by atoms with E-state index in [0.717, 1.165) is 38.8 Å². The molecule has 0 aliphatic heterocycles. The average Bonchev–Trinajstić information content (AvgIpc) is 3.22. The first-order chi connectivity index (χ1) is 9.93. The maximum absolute atomic E-state index is 12.0. The monoisotopic (exact) mass is 297 g/mol. The number of nitrogens with zero attached hydrogens (tertiary/aromatic N) is 1. The second-order valence-corrected chi connectivity index (χ2v) is 7.02. The van der Waals surface area contributed by atoms with Gasteiger partial charge in [0.05, 0.1) is 18.2 Å². The molecule has 5 nitrogen and oxygen atoms in total. The first-order valence-electron chi connectivity index (χ1n) is 8.32. The number of primary amides is 1. The van der Waals surface area contributed by atoms with Crippen molar-refractivity contribution in [2.75, 3.05) is 20.2 Å². The fourth-order valence-corrected chi connectivity index (χ4v) is 3.28. The largest absolute Gasteiger partial charge is 0.377 e.